The third-order valence-corrected chi connectivity index (χ3v) is 8.30. The maximum atomic E-state index is 10.3. The van der Waals surface area contributed by atoms with Gasteiger partial charge in [0.05, 0.1) is 6.42 Å². The van der Waals surface area contributed by atoms with E-state index >= 15 is 0 Å². The molecule has 10 heteroatoms. The van der Waals surface area contributed by atoms with Crippen LogP contribution < -0.4 is 11.1 Å². The molecule has 0 aromatic heterocycles. The Morgan fingerprint density at radius 1 is 0.549 bits per heavy atom. The van der Waals surface area contributed by atoms with Gasteiger partial charge >= 0.3 is 11.9 Å². The van der Waals surface area contributed by atoms with Gasteiger partial charge in [0.1, 0.15) is 6.23 Å². The summed E-state index contributed by atoms with van der Waals surface area (Å²) in [4.78, 5) is 20.6. The molecule has 0 saturated heterocycles. The van der Waals surface area contributed by atoms with Gasteiger partial charge in [0, 0.05) is 25.9 Å². The quantitative estimate of drug-likeness (QED) is 0.0177. The molecule has 304 valence electrons. The van der Waals surface area contributed by atoms with E-state index in [1.807, 2.05) is 0 Å². The molecular formula is C41H82N2O8. The van der Waals surface area contributed by atoms with E-state index in [1.54, 1.807) is 0 Å². The Bertz CT molecular complexity index is 721. The van der Waals surface area contributed by atoms with Crippen LogP contribution in [0.15, 0.2) is 24.3 Å². The second kappa shape index (κ2) is 44.3. The third kappa shape index (κ3) is 60.6. The Kier molecular flexibility index (Phi) is 46.5. The van der Waals surface area contributed by atoms with Crippen LogP contribution >= 0.6 is 0 Å². The largest absolute Gasteiger partial charge is 0.481 e. The lowest BCUT2D eigenvalue weighted by atomic mass is 10.1. The lowest BCUT2D eigenvalue weighted by Crippen LogP contribution is -2.41. The van der Waals surface area contributed by atoms with Crippen molar-refractivity contribution in [3.63, 3.8) is 0 Å². The molecule has 0 fully saturated rings. The maximum absolute atomic E-state index is 10.3. The maximum Gasteiger partial charge on any atom is 0.303 e. The molecule has 51 heavy (non-hydrogen) atoms. The van der Waals surface area contributed by atoms with E-state index in [0.29, 0.717) is 25.9 Å². The Morgan fingerprint density at radius 3 is 1.12 bits per heavy atom. The van der Waals surface area contributed by atoms with E-state index in [4.69, 9.17) is 36.4 Å². The van der Waals surface area contributed by atoms with E-state index in [2.05, 4.69) is 43.5 Å². The molecule has 0 spiro atoms. The molecule has 0 aromatic rings. The molecular weight excluding hydrogens is 648 g/mol. The Morgan fingerprint density at radius 2 is 0.843 bits per heavy atom. The van der Waals surface area contributed by atoms with Crippen molar-refractivity contribution < 1.29 is 40.2 Å². The van der Waals surface area contributed by atoms with Crippen molar-refractivity contribution in [2.45, 2.75) is 212 Å². The van der Waals surface area contributed by atoms with Crippen LogP contribution in [0.2, 0.25) is 0 Å². The average Bonchev–Trinajstić information content (AvgIpc) is 3.07. The molecule has 1 atom stereocenters. The third-order valence-electron chi connectivity index (χ3n) is 8.30. The number of aliphatic carboxylic acids is 2. The van der Waals surface area contributed by atoms with Gasteiger partial charge in [-0.05, 0) is 64.2 Å². The van der Waals surface area contributed by atoms with E-state index in [-0.39, 0.29) is 0 Å². The minimum absolute atomic E-state index is 0.326. The summed E-state index contributed by atoms with van der Waals surface area (Å²) < 4.78 is 0. The Hall–Kier alpha value is -1.82. The van der Waals surface area contributed by atoms with Gasteiger partial charge in [-0.1, -0.05) is 141 Å². The van der Waals surface area contributed by atoms with E-state index in [1.165, 1.54) is 141 Å². The van der Waals surface area contributed by atoms with Crippen molar-refractivity contribution in [1.82, 2.24) is 5.32 Å². The van der Waals surface area contributed by atoms with Crippen LogP contribution in [-0.4, -0.2) is 67.9 Å². The number of rotatable bonds is 35. The van der Waals surface area contributed by atoms with Crippen LogP contribution in [0.1, 0.15) is 200 Å². The zero-order valence-electron chi connectivity index (χ0n) is 32.9. The second-order valence-electron chi connectivity index (χ2n) is 13.7. The number of unbranched alkanes of at least 4 members (excludes halogenated alkanes) is 22. The van der Waals surface area contributed by atoms with Crippen molar-refractivity contribution in [2.75, 3.05) is 13.1 Å². The number of aliphatic hydroxyl groups is 4. The van der Waals surface area contributed by atoms with Crippen LogP contribution in [0, 0.1) is 0 Å². The van der Waals surface area contributed by atoms with Gasteiger partial charge in [-0.3, -0.25) is 14.9 Å². The monoisotopic (exact) mass is 731 g/mol. The standard InChI is InChI=1S/2C18H34O2.C5H14N2O4/c2*1-2-3-4-5-6-7-8-9-10-11-12-13-14-15-16-17-18(19)20;6-1-2-7-4(8)3-5(9,10)11/h2*9-10H,2-8,11-17H2,1H3,(H,19,20);4,7-11H,1-3,6H2. The molecule has 0 radical (unpaired) electrons. The number of allylic oxidation sites excluding steroid dienone is 4. The minimum Gasteiger partial charge on any atom is -0.481 e. The highest BCUT2D eigenvalue weighted by atomic mass is 16.7. The molecule has 0 aliphatic heterocycles. The summed E-state index contributed by atoms with van der Waals surface area (Å²) >= 11 is 0. The first-order valence-corrected chi connectivity index (χ1v) is 20.5. The summed E-state index contributed by atoms with van der Waals surface area (Å²) in [6.45, 7) is 5.19. The molecule has 10 nitrogen and oxygen atoms in total. The topological polar surface area (TPSA) is 194 Å². The lowest BCUT2D eigenvalue weighted by Gasteiger charge is -2.18. The van der Waals surface area contributed by atoms with E-state index < -0.39 is 30.6 Å². The number of nitrogens with one attached hydrogen (secondary N) is 1. The van der Waals surface area contributed by atoms with Gasteiger partial charge < -0.3 is 36.4 Å². The van der Waals surface area contributed by atoms with Gasteiger partial charge in [-0.15, -0.1) is 0 Å². The van der Waals surface area contributed by atoms with Crippen molar-refractivity contribution in [1.29, 1.82) is 0 Å². The first-order valence-electron chi connectivity index (χ1n) is 20.5. The summed E-state index contributed by atoms with van der Waals surface area (Å²) in [5.41, 5.74) is 5.08. The summed E-state index contributed by atoms with van der Waals surface area (Å²) in [7, 11) is 0. The van der Waals surface area contributed by atoms with Gasteiger partial charge in [0.25, 0.3) is 5.97 Å². The van der Waals surface area contributed by atoms with Crippen LogP contribution in [0.3, 0.4) is 0 Å². The predicted octanol–water partition coefficient (Wildman–Crippen LogP) is 9.09. The van der Waals surface area contributed by atoms with Gasteiger partial charge in [0.15, 0.2) is 0 Å². The zero-order chi connectivity index (χ0) is 38.7. The van der Waals surface area contributed by atoms with Gasteiger partial charge in [0.2, 0.25) is 0 Å². The van der Waals surface area contributed by atoms with Crippen molar-refractivity contribution in [2.24, 2.45) is 5.73 Å². The number of carboxylic acid groups (broad SMARTS) is 2. The molecule has 0 bridgehead atoms. The number of aliphatic hydroxyl groups excluding tert-OH is 1. The SMILES string of the molecule is CCCCCCCCC=CCCCCCCCC(=O)O.CCCCCCCCC=CCCCCCCCC(=O)O.NCCNC(O)CC(O)(O)O. The highest BCUT2D eigenvalue weighted by molar-refractivity contribution is 5.66. The van der Waals surface area contributed by atoms with Crippen molar-refractivity contribution in [3.05, 3.63) is 24.3 Å². The smallest absolute Gasteiger partial charge is 0.303 e. The van der Waals surface area contributed by atoms with E-state index in [9.17, 15) is 9.59 Å². The highest BCUT2D eigenvalue weighted by Crippen LogP contribution is 2.11. The molecule has 0 heterocycles. The number of nitrogens with two attached hydrogens (primary N) is 1. The van der Waals surface area contributed by atoms with Crippen LogP contribution in [-0.2, 0) is 9.59 Å². The molecule has 1 unspecified atom stereocenters. The first kappa shape index (κ1) is 53.5. The molecule has 0 saturated carbocycles. The first-order chi connectivity index (χ1) is 24.5. The molecule has 0 aliphatic carbocycles. The zero-order valence-corrected chi connectivity index (χ0v) is 32.9. The minimum atomic E-state index is -2.83. The summed E-state index contributed by atoms with van der Waals surface area (Å²) in [6.07, 6.45) is 40.7. The second-order valence-corrected chi connectivity index (χ2v) is 13.7. The Labute approximate surface area is 312 Å². The summed E-state index contributed by atoms with van der Waals surface area (Å²) in [5.74, 6) is -4.16. The molecule has 0 amide bonds. The number of hydrogen-bond donors (Lipinski definition) is 8. The average molecular weight is 731 g/mol. The van der Waals surface area contributed by atoms with Crippen LogP contribution in [0.5, 0.6) is 0 Å². The fraction of sp³-hybridized carbons (Fsp3) is 0.854. The van der Waals surface area contributed by atoms with Crippen LogP contribution in [0.25, 0.3) is 0 Å². The fourth-order valence-electron chi connectivity index (χ4n) is 5.28. The van der Waals surface area contributed by atoms with Crippen molar-refractivity contribution >= 4 is 11.9 Å². The number of hydrogen-bond acceptors (Lipinski definition) is 8. The van der Waals surface area contributed by atoms with E-state index in [0.717, 1.165) is 25.7 Å². The normalized spacial score (nSPS) is 12.1. The van der Waals surface area contributed by atoms with Crippen molar-refractivity contribution in [3.8, 4) is 0 Å². The summed E-state index contributed by atoms with van der Waals surface area (Å²) in [6, 6.07) is 0. The number of carboxylic acids is 2. The van der Waals surface area contributed by atoms with Gasteiger partial charge in [-0.2, -0.15) is 0 Å². The van der Waals surface area contributed by atoms with Gasteiger partial charge in [-0.25, -0.2) is 0 Å². The molecule has 0 rings (SSSR count). The molecule has 0 aliphatic rings. The Balaban J connectivity index is -0.000000708. The predicted molar refractivity (Wildman–Crippen MR) is 211 cm³/mol. The van der Waals surface area contributed by atoms with Crippen LogP contribution in [0.4, 0.5) is 0 Å². The summed E-state index contributed by atoms with van der Waals surface area (Å²) in [5, 5.41) is 53.4. The lowest BCUT2D eigenvalue weighted by molar-refractivity contribution is -0.323. The highest BCUT2D eigenvalue weighted by Gasteiger charge is 2.22. The number of carbonyl (C=O) groups is 2. The molecule has 9 N–H and O–H groups in total. The fourth-order valence-corrected chi connectivity index (χ4v) is 5.28. The molecule has 0 aromatic carbocycles.